The smallest absolute Gasteiger partial charge is 0.410 e. The summed E-state index contributed by atoms with van der Waals surface area (Å²) in [5, 5.41) is 8.89. The lowest BCUT2D eigenvalue weighted by Gasteiger charge is -2.60. The molecule has 2 saturated heterocycles. The maximum absolute atomic E-state index is 11.9. The second kappa shape index (κ2) is 4.87. The Morgan fingerprint density at radius 1 is 1.32 bits per heavy atom. The van der Waals surface area contributed by atoms with Crippen LogP contribution in [0.2, 0.25) is 0 Å². The van der Waals surface area contributed by atoms with Crippen molar-refractivity contribution in [2.75, 3.05) is 31.1 Å². The van der Waals surface area contributed by atoms with Gasteiger partial charge in [0, 0.05) is 31.6 Å². The minimum absolute atomic E-state index is 0.168. The van der Waals surface area contributed by atoms with Crippen molar-refractivity contribution in [3.8, 4) is 6.07 Å². The molecule has 6 nitrogen and oxygen atoms in total. The van der Waals surface area contributed by atoms with Gasteiger partial charge >= 0.3 is 6.09 Å². The molecule has 0 N–H and O–H groups in total. The molecule has 0 aliphatic carbocycles. The third kappa shape index (κ3) is 2.71. The van der Waals surface area contributed by atoms with Crippen LogP contribution in [0.4, 0.5) is 10.6 Å². The predicted octanol–water partition coefficient (Wildman–Crippen LogP) is 2.01. The van der Waals surface area contributed by atoms with Crippen molar-refractivity contribution in [2.45, 2.75) is 26.4 Å². The van der Waals surface area contributed by atoms with Crippen molar-refractivity contribution in [1.82, 2.24) is 9.88 Å². The van der Waals surface area contributed by atoms with Gasteiger partial charge in [-0.1, -0.05) is 6.07 Å². The average molecular weight is 300 g/mol. The molecule has 0 aromatic carbocycles. The Hall–Kier alpha value is -2.29. The molecule has 2 aliphatic rings. The first-order chi connectivity index (χ1) is 10.3. The van der Waals surface area contributed by atoms with Crippen LogP contribution >= 0.6 is 0 Å². The van der Waals surface area contributed by atoms with E-state index < -0.39 is 5.60 Å². The number of anilines is 1. The number of hydrogen-bond acceptors (Lipinski definition) is 5. The number of amides is 1. The second-order valence-electron chi connectivity index (χ2n) is 7.19. The monoisotopic (exact) mass is 300 g/mol. The Morgan fingerprint density at radius 3 is 2.59 bits per heavy atom. The number of likely N-dealkylation sites (tertiary alicyclic amines) is 1. The Labute approximate surface area is 130 Å². The van der Waals surface area contributed by atoms with E-state index >= 15 is 0 Å². The van der Waals surface area contributed by atoms with E-state index in [0.717, 1.165) is 32.0 Å². The van der Waals surface area contributed by atoms with E-state index in [4.69, 9.17) is 10.00 Å². The summed E-state index contributed by atoms with van der Waals surface area (Å²) in [4.78, 5) is 20.1. The highest BCUT2D eigenvalue weighted by molar-refractivity contribution is 5.70. The molecule has 1 aromatic rings. The van der Waals surface area contributed by atoms with Crippen molar-refractivity contribution >= 4 is 11.9 Å². The lowest BCUT2D eigenvalue weighted by atomic mass is 9.73. The number of hydrogen-bond donors (Lipinski definition) is 0. The summed E-state index contributed by atoms with van der Waals surface area (Å²) in [6, 6.07) is 7.52. The highest BCUT2D eigenvalue weighted by Crippen LogP contribution is 2.41. The number of nitrogens with zero attached hydrogens (tertiary/aromatic N) is 4. The number of pyridine rings is 1. The van der Waals surface area contributed by atoms with Crippen molar-refractivity contribution in [1.29, 1.82) is 5.26 Å². The predicted molar refractivity (Wildman–Crippen MR) is 81.4 cm³/mol. The molecule has 1 aromatic heterocycles. The van der Waals surface area contributed by atoms with Crippen LogP contribution in [0.25, 0.3) is 0 Å². The van der Waals surface area contributed by atoms with Gasteiger partial charge in [-0.15, -0.1) is 0 Å². The molecule has 22 heavy (non-hydrogen) atoms. The zero-order chi connectivity index (χ0) is 16.0. The molecule has 0 saturated carbocycles. The quantitative estimate of drug-likeness (QED) is 0.793. The molecule has 1 spiro atoms. The van der Waals surface area contributed by atoms with Crippen LogP contribution in [-0.4, -0.2) is 47.8 Å². The average Bonchev–Trinajstić information content (AvgIpc) is 2.33. The zero-order valence-corrected chi connectivity index (χ0v) is 13.2. The van der Waals surface area contributed by atoms with Crippen LogP contribution < -0.4 is 4.90 Å². The second-order valence-corrected chi connectivity index (χ2v) is 7.19. The first kappa shape index (κ1) is 14.6. The molecule has 3 heterocycles. The SMILES string of the molecule is CC(C)(C)OC(=O)N1CC2(C1)CN(c1cccc(C#N)n1)C2. The molecular weight excluding hydrogens is 280 g/mol. The van der Waals surface area contributed by atoms with Gasteiger partial charge in [0.15, 0.2) is 0 Å². The summed E-state index contributed by atoms with van der Waals surface area (Å²) in [6.45, 7) is 8.83. The minimum Gasteiger partial charge on any atom is -0.444 e. The Morgan fingerprint density at radius 2 is 2.00 bits per heavy atom. The van der Waals surface area contributed by atoms with Gasteiger partial charge in [0.25, 0.3) is 0 Å². The van der Waals surface area contributed by atoms with Gasteiger partial charge in [-0.25, -0.2) is 9.78 Å². The number of carbonyl (C=O) groups is 1. The fourth-order valence-corrected chi connectivity index (χ4v) is 3.01. The maximum Gasteiger partial charge on any atom is 0.410 e. The van der Waals surface area contributed by atoms with Crippen molar-refractivity contribution in [3.05, 3.63) is 23.9 Å². The van der Waals surface area contributed by atoms with Gasteiger partial charge in [0.1, 0.15) is 23.2 Å². The Balaban J connectivity index is 1.53. The number of ether oxygens (including phenoxy) is 1. The van der Waals surface area contributed by atoms with Gasteiger partial charge in [0.2, 0.25) is 0 Å². The standard InChI is InChI=1S/C16H20N4O2/c1-15(2,3)22-14(21)20-10-16(11-20)8-19(9-16)13-6-4-5-12(7-17)18-13/h4-6H,8-11H2,1-3H3. The Kier molecular flexibility index (Phi) is 3.24. The normalized spacial score (nSPS) is 19.2. The molecule has 1 amide bonds. The highest BCUT2D eigenvalue weighted by Gasteiger charge is 2.54. The summed E-state index contributed by atoms with van der Waals surface area (Å²) in [6.07, 6.45) is -0.235. The number of aromatic nitrogens is 1. The number of carbonyl (C=O) groups excluding carboxylic acids is 1. The summed E-state index contributed by atoms with van der Waals surface area (Å²) in [5.41, 5.74) is 0.149. The Bertz CT molecular complexity index is 630. The van der Waals surface area contributed by atoms with Gasteiger partial charge < -0.3 is 14.5 Å². The fourth-order valence-electron chi connectivity index (χ4n) is 3.01. The zero-order valence-electron chi connectivity index (χ0n) is 13.2. The van der Waals surface area contributed by atoms with Crippen LogP contribution in [0.3, 0.4) is 0 Å². The van der Waals surface area contributed by atoms with Crippen LogP contribution in [-0.2, 0) is 4.74 Å². The van der Waals surface area contributed by atoms with Gasteiger partial charge in [-0.3, -0.25) is 0 Å². The maximum atomic E-state index is 11.9. The topological polar surface area (TPSA) is 69.5 Å². The van der Waals surface area contributed by atoms with Crippen LogP contribution in [0.5, 0.6) is 0 Å². The molecule has 0 atom stereocenters. The number of nitriles is 1. The third-order valence-electron chi connectivity index (χ3n) is 3.93. The van der Waals surface area contributed by atoms with E-state index in [1.165, 1.54) is 0 Å². The van der Waals surface area contributed by atoms with Crippen molar-refractivity contribution < 1.29 is 9.53 Å². The first-order valence-corrected chi connectivity index (χ1v) is 7.40. The molecule has 0 unspecified atom stereocenters. The largest absolute Gasteiger partial charge is 0.444 e. The van der Waals surface area contributed by atoms with Crippen molar-refractivity contribution in [2.24, 2.45) is 5.41 Å². The summed E-state index contributed by atoms with van der Waals surface area (Å²) in [7, 11) is 0. The minimum atomic E-state index is -0.451. The number of rotatable bonds is 1. The van der Waals surface area contributed by atoms with Crippen LogP contribution in [0.1, 0.15) is 26.5 Å². The van der Waals surface area contributed by atoms with E-state index in [9.17, 15) is 4.79 Å². The molecule has 0 radical (unpaired) electrons. The molecule has 116 valence electrons. The summed E-state index contributed by atoms with van der Waals surface area (Å²) >= 11 is 0. The third-order valence-corrected chi connectivity index (χ3v) is 3.93. The first-order valence-electron chi connectivity index (χ1n) is 7.40. The summed E-state index contributed by atoms with van der Waals surface area (Å²) in [5.74, 6) is 0.834. The van der Waals surface area contributed by atoms with E-state index in [1.807, 2.05) is 32.9 Å². The van der Waals surface area contributed by atoms with Crippen molar-refractivity contribution in [3.63, 3.8) is 0 Å². The summed E-state index contributed by atoms with van der Waals surface area (Å²) < 4.78 is 5.37. The fraction of sp³-hybridized carbons (Fsp3) is 0.562. The lowest BCUT2D eigenvalue weighted by molar-refractivity contribution is -0.0454. The molecule has 0 bridgehead atoms. The van der Waals surface area contributed by atoms with Crippen LogP contribution in [0.15, 0.2) is 18.2 Å². The van der Waals surface area contributed by atoms with E-state index in [-0.39, 0.29) is 11.5 Å². The van der Waals surface area contributed by atoms with Gasteiger partial charge in [0.05, 0.1) is 0 Å². The molecule has 2 aliphatic heterocycles. The lowest BCUT2D eigenvalue weighted by Crippen LogP contribution is -2.73. The van der Waals surface area contributed by atoms with E-state index in [1.54, 1.807) is 11.0 Å². The van der Waals surface area contributed by atoms with E-state index in [0.29, 0.717) is 5.69 Å². The van der Waals surface area contributed by atoms with E-state index in [2.05, 4.69) is 16.0 Å². The van der Waals surface area contributed by atoms with Gasteiger partial charge in [-0.05, 0) is 32.9 Å². The molecule has 3 rings (SSSR count). The molecular formula is C16H20N4O2. The molecule has 6 heteroatoms. The molecule has 2 fully saturated rings. The highest BCUT2D eigenvalue weighted by atomic mass is 16.6. The van der Waals surface area contributed by atoms with Crippen LogP contribution in [0, 0.1) is 16.7 Å². The van der Waals surface area contributed by atoms with Gasteiger partial charge in [-0.2, -0.15) is 5.26 Å².